The molecule has 28 heavy (non-hydrogen) atoms. The summed E-state index contributed by atoms with van der Waals surface area (Å²) < 4.78 is 16.0. The van der Waals surface area contributed by atoms with Gasteiger partial charge in [-0.2, -0.15) is 0 Å². The number of ketones is 2. The van der Waals surface area contributed by atoms with Gasteiger partial charge in [0.15, 0.2) is 17.3 Å². The second-order valence-electron chi connectivity index (χ2n) is 6.81. The van der Waals surface area contributed by atoms with E-state index in [9.17, 15) is 19.5 Å². The highest BCUT2D eigenvalue weighted by Crippen LogP contribution is 2.38. The highest BCUT2D eigenvalue weighted by Gasteiger charge is 2.45. The molecule has 1 saturated heterocycles. The summed E-state index contributed by atoms with van der Waals surface area (Å²) in [6.45, 7) is 2.66. The van der Waals surface area contributed by atoms with Gasteiger partial charge in [-0.25, -0.2) is 0 Å². The summed E-state index contributed by atoms with van der Waals surface area (Å²) in [7, 11) is 1.24. The molecule has 0 radical (unpaired) electrons. The quantitative estimate of drug-likeness (QED) is 0.678. The molecule has 8 heteroatoms. The number of hydrogen-bond donors (Lipinski definition) is 1. The van der Waals surface area contributed by atoms with E-state index < -0.39 is 23.3 Å². The third-order valence-corrected chi connectivity index (χ3v) is 5.09. The average Bonchev–Trinajstić information content (AvgIpc) is 3.14. The van der Waals surface area contributed by atoms with Gasteiger partial charge in [-0.1, -0.05) is 24.3 Å². The largest absolute Gasteiger partial charge is 0.450 e. The molecule has 0 spiro atoms. The van der Waals surface area contributed by atoms with Crippen molar-refractivity contribution >= 4 is 17.5 Å². The van der Waals surface area contributed by atoms with Gasteiger partial charge in [0, 0.05) is 31.3 Å². The number of morpholine rings is 1. The molecule has 1 unspecified atom stereocenters. The topological polar surface area (TPSA) is 106 Å². The van der Waals surface area contributed by atoms with Crippen LogP contribution in [0.1, 0.15) is 55.1 Å². The molecule has 1 aliphatic heterocycles. The summed E-state index contributed by atoms with van der Waals surface area (Å²) in [6, 6.07) is 6.34. The van der Waals surface area contributed by atoms with Crippen molar-refractivity contribution < 1.29 is 33.4 Å². The number of ether oxygens (including phenoxy) is 2. The molecule has 1 amide bonds. The van der Waals surface area contributed by atoms with Gasteiger partial charge in [0.05, 0.1) is 24.3 Å². The van der Waals surface area contributed by atoms with Crippen molar-refractivity contribution in [1.29, 1.82) is 0 Å². The Morgan fingerprint density at radius 1 is 1.14 bits per heavy atom. The third-order valence-electron chi connectivity index (χ3n) is 5.09. The molecule has 0 saturated carbocycles. The van der Waals surface area contributed by atoms with E-state index in [1.54, 1.807) is 12.1 Å². The lowest BCUT2D eigenvalue weighted by molar-refractivity contribution is -0.191. The SMILES string of the molecule is COC(C)(O)c1oc2c(c1C(=O)N1CCOCC1)C(=O)c1ccccc1C2=O. The van der Waals surface area contributed by atoms with Gasteiger partial charge in [0.2, 0.25) is 11.6 Å². The Balaban J connectivity index is 1.94. The molecule has 8 nitrogen and oxygen atoms in total. The maximum absolute atomic E-state index is 13.3. The van der Waals surface area contributed by atoms with Crippen LogP contribution in [0.5, 0.6) is 0 Å². The van der Waals surface area contributed by atoms with Crippen LogP contribution in [0.15, 0.2) is 28.7 Å². The van der Waals surface area contributed by atoms with Crippen molar-refractivity contribution in [2.45, 2.75) is 12.7 Å². The molecule has 1 aliphatic carbocycles. The fourth-order valence-corrected chi connectivity index (χ4v) is 3.49. The molecule has 0 bridgehead atoms. The summed E-state index contributed by atoms with van der Waals surface area (Å²) in [5.41, 5.74) is 0.118. The Morgan fingerprint density at radius 3 is 2.36 bits per heavy atom. The van der Waals surface area contributed by atoms with E-state index in [1.807, 2.05) is 0 Å². The van der Waals surface area contributed by atoms with E-state index in [-0.39, 0.29) is 33.8 Å². The fraction of sp³-hybridized carbons (Fsp3) is 0.350. The summed E-state index contributed by atoms with van der Waals surface area (Å²) in [4.78, 5) is 40.8. The van der Waals surface area contributed by atoms with Crippen LogP contribution in [-0.2, 0) is 15.3 Å². The zero-order chi connectivity index (χ0) is 20.1. The third kappa shape index (κ3) is 2.69. The van der Waals surface area contributed by atoms with Crippen molar-refractivity contribution in [3.05, 3.63) is 58.0 Å². The lowest BCUT2D eigenvalue weighted by Gasteiger charge is -2.28. The van der Waals surface area contributed by atoms with Crippen molar-refractivity contribution in [2.75, 3.05) is 33.4 Å². The number of benzene rings is 1. The number of carbonyl (C=O) groups excluding carboxylic acids is 3. The summed E-state index contributed by atoms with van der Waals surface area (Å²) >= 11 is 0. The molecule has 1 aromatic carbocycles. The Morgan fingerprint density at radius 2 is 1.75 bits per heavy atom. The minimum Gasteiger partial charge on any atom is -0.450 e. The molecule has 1 N–H and O–H groups in total. The second-order valence-corrected chi connectivity index (χ2v) is 6.81. The number of nitrogens with zero attached hydrogens (tertiary/aromatic N) is 1. The van der Waals surface area contributed by atoms with Crippen molar-refractivity contribution in [3.63, 3.8) is 0 Å². The molecular formula is C20H19NO7. The molecule has 1 aromatic heterocycles. The molecule has 1 atom stereocenters. The van der Waals surface area contributed by atoms with E-state index in [4.69, 9.17) is 13.9 Å². The molecule has 2 aromatic rings. The summed E-state index contributed by atoms with van der Waals surface area (Å²) in [6.07, 6.45) is 0. The summed E-state index contributed by atoms with van der Waals surface area (Å²) in [5, 5.41) is 10.6. The van der Waals surface area contributed by atoms with Crippen LogP contribution in [0, 0.1) is 0 Å². The molecule has 2 heterocycles. The van der Waals surface area contributed by atoms with Crippen molar-refractivity contribution in [1.82, 2.24) is 4.90 Å². The lowest BCUT2D eigenvalue weighted by atomic mass is 9.86. The summed E-state index contributed by atoms with van der Waals surface area (Å²) in [5.74, 6) is -4.04. The number of methoxy groups -OCH3 is 1. The van der Waals surface area contributed by atoms with Crippen LogP contribution >= 0.6 is 0 Å². The van der Waals surface area contributed by atoms with Gasteiger partial charge >= 0.3 is 0 Å². The number of furan rings is 1. The van der Waals surface area contributed by atoms with Gasteiger partial charge < -0.3 is 23.9 Å². The average molecular weight is 385 g/mol. The lowest BCUT2D eigenvalue weighted by Crippen LogP contribution is -2.42. The molecule has 2 aliphatic rings. The monoisotopic (exact) mass is 385 g/mol. The van der Waals surface area contributed by atoms with E-state index >= 15 is 0 Å². The van der Waals surface area contributed by atoms with Gasteiger partial charge in [0.25, 0.3) is 5.91 Å². The van der Waals surface area contributed by atoms with Crippen molar-refractivity contribution in [3.8, 4) is 0 Å². The second kappa shape index (κ2) is 6.66. The van der Waals surface area contributed by atoms with Gasteiger partial charge in [-0.3, -0.25) is 14.4 Å². The first-order chi connectivity index (χ1) is 13.4. The molecule has 4 rings (SSSR count). The normalized spacial score (nSPS) is 18.5. The zero-order valence-electron chi connectivity index (χ0n) is 15.5. The zero-order valence-corrected chi connectivity index (χ0v) is 15.5. The number of rotatable bonds is 3. The Hall–Kier alpha value is -2.81. The smallest absolute Gasteiger partial charge is 0.258 e. The first-order valence-corrected chi connectivity index (χ1v) is 8.87. The van der Waals surface area contributed by atoms with E-state index in [0.29, 0.717) is 26.3 Å². The Kier molecular flexibility index (Phi) is 4.41. The predicted octanol–water partition coefficient (Wildman–Crippen LogP) is 1.34. The highest BCUT2D eigenvalue weighted by atomic mass is 16.6. The number of fused-ring (bicyclic) bond motifs is 2. The number of aliphatic hydroxyl groups is 1. The van der Waals surface area contributed by atoms with Crippen LogP contribution in [0.25, 0.3) is 0 Å². The Labute approximate surface area is 160 Å². The first kappa shape index (κ1) is 18.5. The Bertz CT molecular complexity index is 982. The fourth-order valence-electron chi connectivity index (χ4n) is 3.49. The van der Waals surface area contributed by atoms with E-state index in [1.165, 1.54) is 31.1 Å². The predicted molar refractivity (Wildman–Crippen MR) is 95.3 cm³/mol. The van der Waals surface area contributed by atoms with Gasteiger partial charge in [0.1, 0.15) is 0 Å². The maximum Gasteiger partial charge on any atom is 0.258 e. The molecule has 146 valence electrons. The molecular weight excluding hydrogens is 366 g/mol. The van der Waals surface area contributed by atoms with Gasteiger partial charge in [-0.15, -0.1) is 0 Å². The van der Waals surface area contributed by atoms with Crippen LogP contribution in [-0.4, -0.2) is 60.9 Å². The van der Waals surface area contributed by atoms with Crippen LogP contribution in [0.4, 0.5) is 0 Å². The number of hydrogen-bond acceptors (Lipinski definition) is 7. The van der Waals surface area contributed by atoms with Gasteiger partial charge in [-0.05, 0) is 6.92 Å². The minimum absolute atomic E-state index is 0.132. The highest BCUT2D eigenvalue weighted by molar-refractivity contribution is 6.30. The van der Waals surface area contributed by atoms with Crippen LogP contribution < -0.4 is 0 Å². The van der Waals surface area contributed by atoms with Crippen LogP contribution in [0.3, 0.4) is 0 Å². The van der Waals surface area contributed by atoms with E-state index in [0.717, 1.165) is 0 Å². The number of carbonyl (C=O) groups is 3. The van der Waals surface area contributed by atoms with Crippen molar-refractivity contribution in [2.24, 2.45) is 0 Å². The standard InChI is InChI=1S/C20H19NO7/c1-20(25,26-2)18-14(19(24)21-7-9-27-10-8-21)13-15(22)11-5-3-4-6-12(11)16(23)17(13)28-18/h3-6,25H,7-10H2,1-2H3. The molecule has 1 fully saturated rings. The first-order valence-electron chi connectivity index (χ1n) is 8.87. The maximum atomic E-state index is 13.3. The van der Waals surface area contributed by atoms with E-state index in [2.05, 4.69) is 0 Å². The van der Waals surface area contributed by atoms with Crippen LogP contribution in [0.2, 0.25) is 0 Å². The number of amides is 1. The minimum atomic E-state index is -2.00.